The van der Waals surface area contributed by atoms with Crippen molar-refractivity contribution in [2.45, 2.75) is 13.5 Å². The summed E-state index contributed by atoms with van der Waals surface area (Å²) in [5, 5.41) is 9.97. The van der Waals surface area contributed by atoms with Crippen molar-refractivity contribution in [3.05, 3.63) is 84.3 Å². The first kappa shape index (κ1) is 20.0. The molecule has 5 rings (SSSR count). The van der Waals surface area contributed by atoms with E-state index in [-0.39, 0.29) is 5.82 Å². The van der Waals surface area contributed by atoms with Crippen LogP contribution in [-0.2, 0) is 6.54 Å². The number of fused-ring (bicyclic) bond motifs is 3. The van der Waals surface area contributed by atoms with Crippen LogP contribution < -0.4 is 9.47 Å². The summed E-state index contributed by atoms with van der Waals surface area (Å²) in [6.45, 7) is 3.05. The van der Waals surface area contributed by atoms with E-state index in [2.05, 4.69) is 14.8 Å². The van der Waals surface area contributed by atoms with E-state index < -0.39 is 0 Å². The van der Waals surface area contributed by atoms with Crippen LogP contribution in [0.25, 0.3) is 33.4 Å². The zero-order valence-electron chi connectivity index (χ0n) is 17.9. The Bertz CT molecular complexity index is 1360. The van der Waals surface area contributed by atoms with Crippen LogP contribution in [-0.4, -0.2) is 28.5 Å². The maximum atomic E-state index is 13.8. The molecule has 0 aliphatic carbocycles. The Morgan fingerprint density at radius 1 is 0.906 bits per heavy atom. The molecule has 32 heavy (non-hydrogen) atoms. The van der Waals surface area contributed by atoms with Gasteiger partial charge in [-0.15, -0.1) is 10.2 Å². The molecule has 160 valence electrons. The number of ether oxygens (including phenoxy) is 2. The second kappa shape index (κ2) is 8.30. The Kier molecular flexibility index (Phi) is 5.19. The van der Waals surface area contributed by atoms with Gasteiger partial charge in [-0.2, -0.15) is 0 Å². The Balaban J connectivity index is 1.70. The van der Waals surface area contributed by atoms with E-state index in [0.717, 1.165) is 50.5 Å². The predicted molar refractivity (Wildman–Crippen MR) is 123 cm³/mol. The van der Waals surface area contributed by atoms with E-state index in [4.69, 9.17) is 9.47 Å². The fourth-order valence-electron chi connectivity index (χ4n) is 4.00. The van der Waals surface area contributed by atoms with Crippen molar-refractivity contribution >= 4 is 10.9 Å². The van der Waals surface area contributed by atoms with E-state index in [1.165, 1.54) is 6.07 Å². The SMILES string of the molecule is CCOc1ccc2c(c1)c1nnc(-c3ccc(OC)cc3)c-1cn2Cc1cccc(F)c1. The Morgan fingerprint density at radius 2 is 1.69 bits per heavy atom. The van der Waals surface area contributed by atoms with Gasteiger partial charge in [-0.05, 0) is 67.1 Å². The van der Waals surface area contributed by atoms with Gasteiger partial charge in [-0.3, -0.25) is 0 Å². The lowest BCUT2D eigenvalue weighted by atomic mass is 10.0. The Labute approximate surface area is 185 Å². The molecule has 2 heterocycles. The number of benzene rings is 3. The van der Waals surface area contributed by atoms with Crippen molar-refractivity contribution in [1.29, 1.82) is 0 Å². The van der Waals surface area contributed by atoms with Crippen LogP contribution in [0.2, 0.25) is 0 Å². The summed E-state index contributed by atoms with van der Waals surface area (Å²) in [6, 6.07) is 20.4. The first-order chi connectivity index (χ1) is 15.7. The third kappa shape index (κ3) is 3.64. The molecule has 0 unspecified atom stereocenters. The number of methoxy groups -OCH3 is 1. The first-order valence-electron chi connectivity index (χ1n) is 10.5. The lowest BCUT2D eigenvalue weighted by Crippen LogP contribution is -2.05. The van der Waals surface area contributed by atoms with Crippen LogP contribution in [0.1, 0.15) is 12.5 Å². The third-order valence-corrected chi connectivity index (χ3v) is 5.49. The van der Waals surface area contributed by atoms with Gasteiger partial charge in [-0.25, -0.2) is 4.39 Å². The van der Waals surface area contributed by atoms with Crippen LogP contribution >= 0.6 is 0 Å². The molecule has 6 heteroatoms. The van der Waals surface area contributed by atoms with Crippen molar-refractivity contribution in [2.75, 3.05) is 13.7 Å². The third-order valence-electron chi connectivity index (χ3n) is 5.49. The second-order valence-corrected chi connectivity index (χ2v) is 7.54. The van der Waals surface area contributed by atoms with E-state index >= 15 is 0 Å². The number of pyridine rings is 1. The molecule has 0 saturated carbocycles. The number of halogens is 1. The highest BCUT2D eigenvalue weighted by molar-refractivity contribution is 5.98. The number of aromatic nitrogens is 3. The van der Waals surface area contributed by atoms with E-state index in [0.29, 0.717) is 13.2 Å². The van der Waals surface area contributed by atoms with Gasteiger partial charge >= 0.3 is 0 Å². The summed E-state index contributed by atoms with van der Waals surface area (Å²) in [5.41, 5.74) is 5.33. The minimum atomic E-state index is -0.248. The van der Waals surface area contributed by atoms with Crippen LogP contribution in [0.5, 0.6) is 11.5 Å². The average Bonchev–Trinajstić information content (AvgIpc) is 3.23. The highest BCUT2D eigenvalue weighted by Gasteiger charge is 2.21. The molecule has 3 aromatic carbocycles. The highest BCUT2D eigenvalue weighted by Crippen LogP contribution is 2.38. The van der Waals surface area contributed by atoms with Crippen LogP contribution in [0.15, 0.2) is 72.9 Å². The quantitative estimate of drug-likeness (QED) is 0.344. The number of rotatable bonds is 6. The average molecular weight is 427 g/mol. The minimum absolute atomic E-state index is 0.248. The van der Waals surface area contributed by atoms with Gasteiger partial charge < -0.3 is 14.0 Å². The second-order valence-electron chi connectivity index (χ2n) is 7.54. The molecule has 0 spiro atoms. The number of hydrogen-bond acceptors (Lipinski definition) is 4. The number of hydrogen-bond donors (Lipinski definition) is 0. The summed E-state index contributed by atoms with van der Waals surface area (Å²) < 4.78 is 26.9. The lowest BCUT2D eigenvalue weighted by Gasteiger charge is -2.16. The van der Waals surface area contributed by atoms with Crippen LogP contribution in [0.4, 0.5) is 4.39 Å². The summed E-state index contributed by atoms with van der Waals surface area (Å²) >= 11 is 0. The van der Waals surface area contributed by atoms with E-state index in [9.17, 15) is 4.39 Å². The van der Waals surface area contributed by atoms with Gasteiger partial charge in [0.1, 0.15) is 28.7 Å². The molecule has 5 nitrogen and oxygen atoms in total. The smallest absolute Gasteiger partial charge is 0.123 e. The fourth-order valence-corrected chi connectivity index (χ4v) is 4.00. The molecule has 0 aromatic heterocycles. The molecule has 0 atom stereocenters. The summed E-state index contributed by atoms with van der Waals surface area (Å²) in [6.07, 6.45) is 2.04. The Morgan fingerprint density at radius 3 is 2.44 bits per heavy atom. The molecular weight excluding hydrogens is 405 g/mol. The summed E-state index contributed by atoms with van der Waals surface area (Å²) in [7, 11) is 1.64. The van der Waals surface area contributed by atoms with Gasteiger partial charge in [-0.1, -0.05) is 12.1 Å². The molecule has 2 aliphatic heterocycles. The fraction of sp³-hybridized carbons (Fsp3) is 0.154. The molecule has 2 aliphatic rings. The summed E-state index contributed by atoms with van der Waals surface area (Å²) in [5.74, 6) is 1.31. The van der Waals surface area contributed by atoms with Crippen LogP contribution in [0, 0.1) is 5.82 Å². The number of nitrogens with zero attached hydrogens (tertiary/aromatic N) is 3. The molecule has 0 saturated heterocycles. The minimum Gasteiger partial charge on any atom is -0.497 e. The van der Waals surface area contributed by atoms with Crippen molar-refractivity contribution in [2.24, 2.45) is 0 Å². The zero-order chi connectivity index (χ0) is 22.1. The highest BCUT2D eigenvalue weighted by atomic mass is 19.1. The van der Waals surface area contributed by atoms with Crippen molar-refractivity contribution in [3.8, 4) is 34.0 Å². The van der Waals surface area contributed by atoms with Gasteiger partial charge in [0, 0.05) is 29.3 Å². The largest absolute Gasteiger partial charge is 0.497 e. The molecule has 0 N–H and O–H groups in total. The topological polar surface area (TPSA) is 49.2 Å². The van der Waals surface area contributed by atoms with Crippen molar-refractivity contribution in [3.63, 3.8) is 0 Å². The zero-order valence-corrected chi connectivity index (χ0v) is 17.9. The van der Waals surface area contributed by atoms with E-state index in [1.807, 2.05) is 61.7 Å². The van der Waals surface area contributed by atoms with Gasteiger partial charge in [0.15, 0.2) is 0 Å². The molecule has 0 fully saturated rings. The molecule has 0 amide bonds. The monoisotopic (exact) mass is 427 g/mol. The maximum absolute atomic E-state index is 13.8. The molecule has 0 bridgehead atoms. The molecule has 0 radical (unpaired) electrons. The summed E-state index contributed by atoms with van der Waals surface area (Å²) in [4.78, 5) is 0. The van der Waals surface area contributed by atoms with Gasteiger partial charge in [0.05, 0.1) is 19.2 Å². The van der Waals surface area contributed by atoms with Gasteiger partial charge in [0.2, 0.25) is 0 Å². The molecule has 3 aromatic rings. The Hall–Kier alpha value is -3.93. The first-order valence-corrected chi connectivity index (χ1v) is 10.5. The van der Waals surface area contributed by atoms with Crippen molar-refractivity contribution in [1.82, 2.24) is 14.8 Å². The van der Waals surface area contributed by atoms with Gasteiger partial charge in [0.25, 0.3) is 0 Å². The molecular formula is C26H22FN3O2. The van der Waals surface area contributed by atoms with Crippen LogP contribution in [0.3, 0.4) is 0 Å². The van der Waals surface area contributed by atoms with Crippen molar-refractivity contribution < 1.29 is 13.9 Å². The maximum Gasteiger partial charge on any atom is 0.123 e. The predicted octanol–water partition coefficient (Wildman–Crippen LogP) is 5.80. The lowest BCUT2D eigenvalue weighted by molar-refractivity contribution is 0.340. The van der Waals surface area contributed by atoms with E-state index in [1.54, 1.807) is 19.2 Å². The normalized spacial score (nSPS) is 11.2. The standard InChI is InChI=1S/C26H22FN3O2/c1-3-32-21-11-12-24-22(14-21)26-23(16-30(24)15-17-5-4-6-19(27)13-17)25(28-29-26)18-7-9-20(31-2)10-8-18/h4-14,16H,3,15H2,1-2H3.